The Morgan fingerprint density at radius 2 is 1.80 bits per heavy atom. The molecule has 1 aliphatic heterocycles. The maximum atomic E-state index is 12.9. The van der Waals surface area contributed by atoms with Crippen LogP contribution in [0.25, 0.3) is 6.08 Å². The van der Waals surface area contributed by atoms with Crippen molar-refractivity contribution in [3.8, 4) is 0 Å². The zero-order chi connectivity index (χ0) is 21.3. The molecule has 30 heavy (non-hydrogen) atoms. The third kappa shape index (κ3) is 5.76. The van der Waals surface area contributed by atoms with Gasteiger partial charge in [0.1, 0.15) is 0 Å². The first-order valence-corrected chi connectivity index (χ1v) is 10.5. The van der Waals surface area contributed by atoms with Crippen LogP contribution in [0.3, 0.4) is 0 Å². The summed E-state index contributed by atoms with van der Waals surface area (Å²) in [6, 6.07) is 16.8. The van der Waals surface area contributed by atoms with Gasteiger partial charge < -0.3 is 9.80 Å². The number of hydrogen-bond donors (Lipinski definition) is 0. The molecule has 2 aromatic carbocycles. The number of likely N-dealkylation sites (N-methyl/N-ethyl adjacent to an activating group) is 1. The predicted molar refractivity (Wildman–Crippen MR) is 119 cm³/mol. The summed E-state index contributed by atoms with van der Waals surface area (Å²) >= 11 is 0. The largest absolute Gasteiger partial charge is 0.337 e. The van der Waals surface area contributed by atoms with E-state index >= 15 is 0 Å². The molecule has 1 fully saturated rings. The Hall–Kier alpha value is -2.99. The van der Waals surface area contributed by atoms with Gasteiger partial charge in [0.25, 0.3) is 5.69 Å². The molecular weight excluding hydrogens is 378 g/mol. The summed E-state index contributed by atoms with van der Waals surface area (Å²) in [7, 11) is 1.88. The van der Waals surface area contributed by atoms with E-state index in [0.29, 0.717) is 18.4 Å². The Morgan fingerprint density at radius 3 is 2.50 bits per heavy atom. The Kier molecular flexibility index (Phi) is 7.74. The van der Waals surface area contributed by atoms with E-state index in [1.54, 1.807) is 24.3 Å². The number of nitro benzene ring substituents is 1. The van der Waals surface area contributed by atoms with Crippen LogP contribution in [0, 0.1) is 10.1 Å². The molecule has 0 aliphatic carbocycles. The summed E-state index contributed by atoms with van der Waals surface area (Å²) < 4.78 is 0. The van der Waals surface area contributed by atoms with Crippen LogP contribution >= 0.6 is 0 Å². The number of allylic oxidation sites excluding steroid dienone is 1. The van der Waals surface area contributed by atoms with Crippen molar-refractivity contribution in [1.29, 1.82) is 0 Å². The molecule has 0 radical (unpaired) electrons. The molecule has 0 unspecified atom stereocenters. The fraction of sp³-hybridized carbons (Fsp3) is 0.375. The van der Waals surface area contributed by atoms with Crippen LogP contribution in [0.5, 0.6) is 0 Å². The van der Waals surface area contributed by atoms with Gasteiger partial charge >= 0.3 is 0 Å². The number of carbonyl (C=O) groups excluding carboxylic acids is 1. The van der Waals surface area contributed by atoms with E-state index in [1.807, 2.05) is 36.2 Å². The summed E-state index contributed by atoms with van der Waals surface area (Å²) in [5, 5.41) is 11.1. The van der Waals surface area contributed by atoms with Crippen LogP contribution in [0.4, 0.5) is 5.69 Å². The van der Waals surface area contributed by atoms with Gasteiger partial charge in [-0.25, -0.2) is 0 Å². The van der Waals surface area contributed by atoms with Gasteiger partial charge in [-0.15, -0.1) is 0 Å². The lowest BCUT2D eigenvalue weighted by atomic mass is 10.0. The zero-order valence-electron chi connectivity index (χ0n) is 17.4. The number of hydrogen-bond acceptors (Lipinski definition) is 4. The number of rotatable bonds is 9. The smallest absolute Gasteiger partial charge is 0.276 e. The van der Waals surface area contributed by atoms with Crippen molar-refractivity contribution in [3.05, 3.63) is 81.9 Å². The monoisotopic (exact) mass is 407 g/mol. The van der Waals surface area contributed by atoms with E-state index in [-0.39, 0.29) is 22.6 Å². The summed E-state index contributed by atoms with van der Waals surface area (Å²) in [4.78, 5) is 27.9. The number of para-hydroxylation sites is 1. The number of benzene rings is 2. The van der Waals surface area contributed by atoms with Gasteiger partial charge in [-0.3, -0.25) is 14.9 Å². The van der Waals surface area contributed by atoms with Gasteiger partial charge in [-0.05, 0) is 44.0 Å². The molecular formula is C24H29N3O3. The second-order valence-electron chi connectivity index (χ2n) is 7.70. The molecule has 158 valence electrons. The highest BCUT2D eigenvalue weighted by Crippen LogP contribution is 2.24. The van der Waals surface area contributed by atoms with E-state index in [9.17, 15) is 14.9 Å². The highest BCUT2D eigenvalue weighted by atomic mass is 16.6. The molecule has 1 aliphatic rings. The second kappa shape index (κ2) is 10.7. The van der Waals surface area contributed by atoms with Crippen molar-refractivity contribution in [3.63, 3.8) is 0 Å². The molecule has 6 nitrogen and oxygen atoms in total. The molecule has 1 heterocycles. The van der Waals surface area contributed by atoms with E-state index in [4.69, 9.17) is 0 Å². The van der Waals surface area contributed by atoms with Gasteiger partial charge in [-0.2, -0.15) is 0 Å². The van der Waals surface area contributed by atoms with Crippen LogP contribution in [-0.4, -0.2) is 47.3 Å². The summed E-state index contributed by atoms with van der Waals surface area (Å²) in [5.74, 6) is 0.0789. The molecule has 1 saturated heterocycles. The van der Waals surface area contributed by atoms with Crippen LogP contribution < -0.4 is 0 Å². The topological polar surface area (TPSA) is 66.7 Å². The predicted octanol–water partition coefficient (Wildman–Crippen LogP) is 4.68. The Labute approximate surface area is 178 Å². The quantitative estimate of drug-likeness (QED) is 0.447. The van der Waals surface area contributed by atoms with E-state index < -0.39 is 0 Å². The van der Waals surface area contributed by atoms with Crippen molar-refractivity contribution in [2.45, 2.75) is 31.7 Å². The first-order chi connectivity index (χ1) is 14.6. The van der Waals surface area contributed by atoms with Crippen LogP contribution in [-0.2, 0) is 4.79 Å². The summed E-state index contributed by atoms with van der Waals surface area (Å²) in [6.07, 6.45) is 6.92. The molecule has 3 rings (SSSR count). The number of likely N-dealkylation sites (tertiary alicyclic amines) is 1. The van der Waals surface area contributed by atoms with E-state index in [1.165, 1.54) is 18.9 Å². The van der Waals surface area contributed by atoms with Crippen molar-refractivity contribution >= 4 is 17.7 Å². The van der Waals surface area contributed by atoms with E-state index in [2.05, 4.69) is 17.0 Å². The van der Waals surface area contributed by atoms with Gasteiger partial charge in [0.2, 0.25) is 5.91 Å². The van der Waals surface area contributed by atoms with Gasteiger partial charge in [-0.1, -0.05) is 54.6 Å². The lowest BCUT2D eigenvalue weighted by molar-refractivity contribution is -0.385. The van der Waals surface area contributed by atoms with Crippen molar-refractivity contribution in [2.24, 2.45) is 0 Å². The average molecular weight is 408 g/mol. The highest BCUT2D eigenvalue weighted by Gasteiger charge is 2.25. The molecule has 1 amide bonds. The maximum absolute atomic E-state index is 12.9. The molecule has 0 bridgehead atoms. The molecule has 0 spiro atoms. The summed E-state index contributed by atoms with van der Waals surface area (Å²) in [5.41, 5.74) is 1.78. The second-order valence-corrected chi connectivity index (χ2v) is 7.70. The highest BCUT2D eigenvalue weighted by molar-refractivity contribution is 5.76. The molecule has 0 saturated carbocycles. The van der Waals surface area contributed by atoms with Crippen molar-refractivity contribution in [1.82, 2.24) is 9.80 Å². The normalized spacial score (nSPS) is 15.4. The van der Waals surface area contributed by atoms with Crippen molar-refractivity contribution < 1.29 is 9.72 Å². The number of carbonyl (C=O) groups is 1. The number of nitro groups is 1. The molecule has 2 aromatic rings. The molecule has 0 aromatic heterocycles. The number of nitrogens with zero attached hydrogens (tertiary/aromatic N) is 3. The van der Waals surface area contributed by atoms with Gasteiger partial charge in [0.15, 0.2) is 0 Å². The third-order valence-electron chi connectivity index (χ3n) is 5.63. The molecule has 1 atom stereocenters. The summed E-state index contributed by atoms with van der Waals surface area (Å²) in [6.45, 7) is 3.02. The molecule has 6 heteroatoms. The Bertz CT molecular complexity index is 876. The minimum Gasteiger partial charge on any atom is -0.337 e. The first kappa shape index (κ1) is 21.7. The third-order valence-corrected chi connectivity index (χ3v) is 5.63. The lowest BCUT2D eigenvalue weighted by Gasteiger charge is -2.32. The van der Waals surface area contributed by atoms with Crippen molar-refractivity contribution in [2.75, 3.05) is 26.7 Å². The Morgan fingerprint density at radius 1 is 1.13 bits per heavy atom. The fourth-order valence-corrected chi connectivity index (χ4v) is 3.90. The Balaban J connectivity index is 1.62. The van der Waals surface area contributed by atoms with Crippen LogP contribution in [0.15, 0.2) is 60.7 Å². The lowest BCUT2D eigenvalue weighted by Crippen LogP contribution is -2.38. The van der Waals surface area contributed by atoms with Crippen LogP contribution in [0.1, 0.15) is 42.9 Å². The SMILES string of the molecule is CN(C(=O)CCC=Cc1ccccc1[N+](=O)[O-])[C@H](CN1CCCC1)c1ccccc1. The first-order valence-electron chi connectivity index (χ1n) is 10.5. The molecule has 0 N–H and O–H groups in total. The van der Waals surface area contributed by atoms with Gasteiger partial charge in [0.05, 0.1) is 16.5 Å². The minimum absolute atomic E-state index is 0.0241. The van der Waals surface area contributed by atoms with E-state index in [0.717, 1.165) is 25.2 Å². The number of amides is 1. The van der Waals surface area contributed by atoms with Crippen LogP contribution in [0.2, 0.25) is 0 Å². The van der Waals surface area contributed by atoms with Gasteiger partial charge in [0, 0.05) is 26.1 Å². The minimum atomic E-state index is -0.387. The fourth-order valence-electron chi connectivity index (χ4n) is 3.90. The standard InChI is InChI=1S/C24H29N3O3/c1-25(23(19-26-17-9-10-18-26)21-11-3-2-4-12-21)24(28)16-8-6-14-20-13-5-7-15-22(20)27(29)30/h2-7,11-15,23H,8-10,16-19H2,1H3/t23-/m1/s1. The zero-order valence-corrected chi connectivity index (χ0v) is 17.4. The maximum Gasteiger partial charge on any atom is 0.276 e. The average Bonchev–Trinajstić information content (AvgIpc) is 3.28.